The maximum Gasteiger partial charge on any atom is 0.459 e. The van der Waals surface area contributed by atoms with Crippen molar-refractivity contribution in [2.24, 2.45) is 0 Å². The van der Waals surface area contributed by atoms with E-state index in [4.69, 9.17) is 5.73 Å². The van der Waals surface area contributed by atoms with Crippen molar-refractivity contribution in [3.63, 3.8) is 0 Å². The number of hydrogen-bond donors (Lipinski definition) is 1. The summed E-state index contributed by atoms with van der Waals surface area (Å²) in [5.41, 5.74) is -0.114. The molecule has 0 radical (unpaired) electrons. The lowest BCUT2D eigenvalue weighted by molar-refractivity contribution is -0.292. The van der Waals surface area contributed by atoms with E-state index >= 15 is 0 Å². The van der Waals surface area contributed by atoms with Crippen LogP contribution in [0.1, 0.15) is 17.1 Å². The van der Waals surface area contributed by atoms with Crippen LogP contribution in [0, 0.1) is 6.92 Å². The van der Waals surface area contributed by atoms with E-state index in [1.807, 2.05) is 0 Å². The first-order valence-corrected chi connectivity index (χ1v) is 4.44. The minimum absolute atomic E-state index is 0.732. The van der Waals surface area contributed by atoms with Crippen LogP contribution in [0.25, 0.3) is 0 Å². The Morgan fingerprint density at radius 3 is 1.74 bits per heavy atom. The molecule has 0 spiro atoms. The average molecular weight is 295 g/mol. The van der Waals surface area contributed by atoms with E-state index < -0.39 is 41.2 Å². The van der Waals surface area contributed by atoms with Crippen LogP contribution in [0.2, 0.25) is 0 Å². The molecule has 19 heavy (non-hydrogen) atoms. The van der Waals surface area contributed by atoms with Gasteiger partial charge < -0.3 is 5.73 Å². The molecule has 108 valence electrons. The molecule has 1 aromatic heterocycles. The van der Waals surface area contributed by atoms with Gasteiger partial charge in [-0.3, -0.25) is 0 Å². The van der Waals surface area contributed by atoms with Crippen LogP contribution in [-0.2, 0) is 12.1 Å². The van der Waals surface area contributed by atoms with Crippen molar-refractivity contribution in [1.29, 1.82) is 0 Å². The highest BCUT2D eigenvalue weighted by atomic mass is 19.4. The summed E-state index contributed by atoms with van der Waals surface area (Å²) < 4.78 is 100.0. The van der Waals surface area contributed by atoms with Crippen LogP contribution in [0.4, 0.5) is 40.9 Å². The third-order valence-electron chi connectivity index (χ3n) is 1.99. The lowest BCUT2D eigenvalue weighted by Crippen LogP contribution is -2.37. The first-order valence-electron chi connectivity index (χ1n) is 4.44. The van der Waals surface area contributed by atoms with Gasteiger partial charge in [0.25, 0.3) is 0 Å². The van der Waals surface area contributed by atoms with E-state index in [1.54, 1.807) is 0 Å². The van der Waals surface area contributed by atoms with E-state index in [0.717, 1.165) is 6.92 Å². The number of aryl methyl sites for hydroxylation is 1. The van der Waals surface area contributed by atoms with E-state index in [9.17, 15) is 35.1 Å². The number of rotatable bonds is 1. The number of alkyl halides is 8. The monoisotopic (exact) mass is 295 g/mol. The van der Waals surface area contributed by atoms with Gasteiger partial charge in [-0.15, -0.1) is 0 Å². The standard InChI is InChI=1S/C8H5F8N3/c1-2-18-4(6(9,10)8(14,15)16)3(5(17)19-2)7(11,12)13/h1H3,(H2,17,18,19). The molecule has 0 aliphatic carbocycles. The number of aromatic nitrogens is 2. The van der Waals surface area contributed by atoms with Crippen molar-refractivity contribution in [3.05, 3.63) is 17.1 Å². The van der Waals surface area contributed by atoms with Crippen molar-refractivity contribution >= 4 is 5.82 Å². The first kappa shape index (κ1) is 15.4. The Morgan fingerprint density at radius 1 is 0.895 bits per heavy atom. The summed E-state index contributed by atoms with van der Waals surface area (Å²) in [6.07, 6.45) is -11.8. The molecule has 0 fully saturated rings. The molecule has 1 aromatic rings. The summed E-state index contributed by atoms with van der Waals surface area (Å²) in [5, 5.41) is 0. The predicted octanol–water partition coefficient (Wildman–Crippen LogP) is 3.04. The van der Waals surface area contributed by atoms with Crippen molar-refractivity contribution in [1.82, 2.24) is 9.97 Å². The largest absolute Gasteiger partial charge is 0.459 e. The van der Waals surface area contributed by atoms with Crippen molar-refractivity contribution in [2.75, 3.05) is 5.73 Å². The molecule has 0 bridgehead atoms. The van der Waals surface area contributed by atoms with E-state index in [2.05, 4.69) is 9.97 Å². The van der Waals surface area contributed by atoms with Crippen LogP contribution in [0.3, 0.4) is 0 Å². The number of hydrogen-bond acceptors (Lipinski definition) is 3. The van der Waals surface area contributed by atoms with Gasteiger partial charge in [0.2, 0.25) is 0 Å². The quantitative estimate of drug-likeness (QED) is 0.810. The Morgan fingerprint density at radius 2 is 1.37 bits per heavy atom. The number of halogens is 8. The summed E-state index contributed by atoms with van der Waals surface area (Å²) >= 11 is 0. The van der Waals surface area contributed by atoms with Gasteiger partial charge in [-0.1, -0.05) is 0 Å². The maximum absolute atomic E-state index is 13.0. The van der Waals surface area contributed by atoms with E-state index in [-0.39, 0.29) is 0 Å². The van der Waals surface area contributed by atoms with Gasteiger partial charge in [0, 0.05) is 0 Å². The van der Waals surface area contributed by atoms with Crippen LogP contribution in [-0.4, -0.2) is 16.1 Å². The van der Waals surface area contributed by atoms with Crippen LogP contribution >= 0.6 is 0 Å². The second-order valence-electron chi connectivity index (χ2n) is 3.45. The zero-order valence-electron chi connectivity index (χ0n) is 9.00. The van der Waals surface area contributed by atoms with E-state index in [1.165, 1.54) is 0 Å². The van der Waals surface area contributed by atoms with Crippen LogP contribution in [0.5, 0.6) is 0 Å². The molecule has 1 heterocycles. The predicted molar refractivity (Wildman–Crippen MR) is 46.1 cm³/mol. The second kappa shape index (κ2) is 4.17. The summed E-state index contributed by atoms with van der Waals surface area (Å²) in [4.78, 5) is 5.50. The van der Waals surface area contributed by atoms with E-state index in [0.29, 0.717) is 0 Å². The third kappa shape index (κ3) is 2.68. The highest BCUT2D eigenvalue weighted by Gasteiger charge is 2.63. The normalized spacial score (nSPS) is 13.7. The average Bonchev–Trinajstić information content (AvgIpc) is 2.11. The zero-order valence-corrected chi connectivity index (χ0v) is 9.00. The topological polar surface area (TPSA) is 51.8 Å². The molecule has 2 N–H and O–H groups in total. The third-order valence-corrected chi connectivity index (χ3v) is 1.99. The lowest BCUT2D eigenvalue weighted by atomic mass is 10.1. The second-order valence-corrected chi connectivity index (χ2v) is 3.45. The molecule has 0 unspecified atom stereocenters. The highest BCUT2D eigenvalue weighted by molar-refractivity contribution is 5.46. The molecule has 11 heteroatoms. The van der Waals surface area contributed by atoms with Gasteiger partial charge in [0.05, 0.1) is 0 Å². The molecule has 0 aliphatic heterocycles. The molecule has 0 amide bonds. The van der Waals surface area contributed by atoms with Crippen molar-refractivity contribution < 1.29 is 35.1 Å². The molecule has 1 rings (SSSR count). The molecule has 0 atom stereocenters. The summed E-state index contributed by atoms with van der Waals surface area (Å²) in [7, 11) is 0. The Kier molecular flexibility index (Phi) is 3.37. The van der Waals surface area contributed by atoms with Gasteiger partial charge in [0.1, 0.15) is 22.9 Å². The number of nitrogens with two attached hydrogens (primary N) is 1. The lowest BCUT2D eigenvalue weighted by Gasteiger charge is -2.23. The molecular weight excluding hydrogens is 290 g/mol. The summed E-state index contributed by atoms with van der Waals surface area (Å²) in [5.74, 6) is -8.01. The number of nitrogen functional groups attached to an aromatic ring is 1. The Labute approximate surface area is 100.0 Å². The molecule has 0 aromatic carbocycles. The van der Waals surface area contributed by atoms with Crippen molar-refractivity contribution in [3.8, 4) is 0 Å². The molecule has 3 nitrogen and oxygen atoms in total. The minimum atomic E-state index is -6.24. The molecule has 0 aliphatic rings. The fourth-order valence-corrected chi connectivity index (χ4v) is 1.24. The minimum Gasteiger partial charge on any atom is -0.383 e. The zero-order chi connectivity index (χ0) is 15.2. The van der Waals surface area contributed by atoms with Gasteiger partial charge in [-0.05, 0) is 6.92 Å². The Balaban J connectivity index is 3.69. The van der Waals surface area contributed by atoms with Crippen molar-refractivity contribution in [2.45, 2.75) is 25.2 Å². The SMILES string of the molecule is Cc1nc(N)c(C(F)(F)F)c(C(F)(F)C(F)(F)F)n1. The Hall–Kier alpha value is -1.68. The molecule has 0 saturated heterocycles. The first-order chi connectivity index (χ1) is 8.28. The summed E-state index contributed by atoms with van der Waals surface area (Å²) in [6.45, 7) is 0.840. The van der Waals surface area contributed by atoms with Gasteiger partial charge in [0.15, 0.2) is 0 Å². The highest BCUT2D eigenvalue weighted by Crippen LogP contribution is 2.48. The van der Waals surface area contributed by atoms with Gasteiger partial charge in [-0.25, -0.2) is 9.97 Å². The smallest absolute Gasteiger partial charge is 0.383 e. The van der Waals surface area contributed by atoms with Gasteiger partial charge >= 0.3 is 18.3 Å². The van der Waals surface area contributed by atoms with Crippen LogP contribution in [0.15, 0.2) is 0 Å². The molecule has 0 saturated carbocycles. The summed E-state index contributed by atoms with van der Waals surface area (Å²) in [6, 6.07) is 0. The molecular formula is C8H5F8N3. The fourth-order valence-electron chi connectivity index (χ4n) is 1.24. The van der Waals surface area contributed by atoms with Gasteiger partial charge in [-0.2, -0.15) is 35.1 Å². The Bertz CT molecular complexity index is 490. The van der Waals surface area contributed by atoms with Crippen LogP contribution < -0.4 is 5.73 Å². The number of nitrogens with zero attached hydrogens (tertiary/aromatic N) is 2. The maximum atomic E-state index is 13.0. The fraction of sp³-hybridized carbons (Fsp3) is 0.500. The number of anilines is 1.